The second-order valence-corrected chi connectivity index (χ2v) is 5.16. The van der Waals surface area contributed by atoms with Gasteiger partial charge in [0.05, 0.1) is 17.2 Å². The molecule has 2 rings (SSSR count). The van der Waals surface area contributed by atoms with Crippen LogP contribution in [0.2, 0.25) is 10.0 Å². The summed E-state index contributed by atoms with van der Waals surface area (Å²) in [6.45, 7) is 3.28. The van der Waals surface area contributed by atoms with Crippen LogP contribution in [-0.4, -0.2) is 18.6 Å². The zero-order valence-corrected chi connectivity index (χ0v) is 13.4. The quantitative estimate of drug-likeness (QED) is 0.824. The van der Waals surface area contributed by atoms with Crippen LogP contribution in [0.4, 0.5) is 11.6 Å². The van der Waals surface area contributed by atoms with Gasteiger partial charge in [-0.2, -0.15) is 0 Å². The van der Waals surface area contributed by atoms with E-state index in [9.17, 15) is 0 Å². The Balaban J connectivity index is 2.17. The highest BCUT2D eigenvalue weighted by Gasteiger charge is 2.09. The zero-order chi connectivity index (χ0) is 15.2. The summed E-state index contributed by atoms with van der Waals surface area (Å²) >= 11 is 12.3. The second-order valence-electron chi connectivity index (χ2n) is 4.34. The average molecular weight is 326 g/mol. The lowest BCUT2D eigenvalue weighted by molar-refractivity contribution is 0.410. The molecule has 2 aromatic rings. The lowest BCUT2D eigenvalue weighted by Crippen LogP contribution is -2.06. The molecule has 21 heavy (non-hydrogen) atoms. The molecule has 0 unspecified atom stereocenters. The maximum Gasteiger partial charge on any atom is 0.147 e. The number of aromatic nitrogens is 1. The van der Waals surface area contributed by atoms with Crippen LogP contribution in [0, 0.1) is 0 Å². The summed E-state index contributed by atoms with van der Waals surface area (Å²) in [5.74, 6) is 2.02. The smallest absolute Gasteiger partial charge is 0.147 e. The van der Waals surface area contributed by atoms with Crippen LogP contribution >= 0.6 is 23.2 Å². The number of pyridine rings is 1. The van der Waals surface area contributed by atoms with Crippen molar-refractivity contribution in [3.05, 3.63) is 45.9 Å². The molecule has 0 aliphatic heterocycles. The number of nitrogens with one attached hydrogen (secondary N) is 2. The highest BCUT2D eigenvalue weighted by atomic mass is 35.5. The van der Waals surface area contributed by atoms with Gasteiger partial charge in [0.15, 0.2) is 0 Å². The number of halogens is 2. The van der Waals surface area contributed by atoms with Crippen molar-refractivity contribution in [2.75, 3.05) is 24.3 Å². The van der Waals surface area contributed by atoms with Gasteiger partial charge in [-0.1, -0.05) is 41.4 Å². The van der Waals surface area contributed by atoms with Crippen molar-refractivity contribution in [1.82, 2.24) is 4.98 Å². The van der Waals surface area contributed by atoms with Gasteiger partial charge >= 0.3 is 0 Å². The molecule has 4 nitrogen and oxygen atoms in total. The van der Waals surface area contributed by atoms with Gasteiger partial charge in [-0.3, -0.25) is 0 Å². The van der Waals surface area contributed by atoms with E-state index in [1.807, 2.05) is 31.2 Å². The Morgan fingerprint density at radius 2 is 1.76 bits per heavy atom. The fourth-order valence-electron chi connectivity index (χ4n) is 1.91. The van der Waals surface area contributed by atoms with Crippen LogP contribution in [0.3, 0.4) is 0 Å². The van der Waals surface area contributed by atoms with E-state index in [1.54, 1.807) is 13.2 Å². The van der Waals surface area contributed by atoms with Crippen LogP contribution in [-0.2, 0) is 6.54 Å². The SMILES string of the molecule is CCNc1nc(NCc2ccccc2OC)c(Cl)cc1Cl. The first kappa shape index (κ1) is 15.7. The maximum absolute atomic E-state index is 6.17. The fraction of sp³-hybridized carbons (Fsp3) is 0.267. The van der Waals surface area contributed by atoms with Crippen LogP contribution in [0.1, 0.15) is 12.5 Å². The number of hydrogen-bond donors (Lipinski definition) is 2. The minimum atomic E-state index is 0.483. The van der Waals surface area contributed by atoms with Crippen molar-refractivity contribution >= 4 is 34.8 Å². The summed E-state index contributed by atoms with van der Waals surface area (Å²) in [6, 6.07) is 9.47. The lowest BCUT2D eigenvalue weighted by Gasteiger charge is -2.13. The summed E-state index contributed by atoms with van der Waals surface area (Å²) in [5.41, 5.74) is 1.03. The maximum atomic E-state index is 6.17. The van der Waals surface area contributed by atoms with Gasteiger partial charge in [0, 0.05) is 18.7 Å². The number of hydrogen-bond acceptors (Lipinski definition) is 4. The molecule has 0 saturated heterocycles. The summed E-state index contributed by atoms with van der Waals surface area (Å²) in [6.07, 6.45) is 0. The summed E-state index contributed by atoms with van der Waals surface area (Å²) in [7, 11) is 1.65. The normalized spacial score (nSPS) is 10.3. The molecule has 1 heterocycles. The van der Waals surface area contributed by atoms with E-state index in [0.717, 1.165) is 17.9 Å². The molecular weight excluding hydrogens is 309 g/mol. The summed E-state index contributed by atoms with van der Waals surface area (Å²) in [4.78, 5) is 4.41. The van der Waals surface area contributed by atoms with Gasteiger partial charge in [0.2, 0.25) is 0 Å². The van der Waals surface area contributed by atoms with Gasteiger partial charge in [-0.25, -0.2) is 4.98 Å². The number of methoxy groups -OCH3 is 1. The van der Waals surface area contributed by atoms with Crippen molar-refractivity contribution in [2.24, 2.45) is 0 Å². The molecule has 1 aromatic heterocycles. The van der Waals surface area contributed by atoms with E-state index < -0.39 is 0 Å². The van der Waals surface area contributed by atoms with Crippen LogP contribution in [0.25, 0.3) is 0 Å². The molecule has 0 saturated carbocycles. The van der Waals surface area contributed by atoms with E-state index in [1.165, 1.54) is 0 Å². The van der Waals surface area contributed by atoms with Crippen molar-refractivity contribution in [1.29, 1.82) is 0 Å². The average Bonchev–Trinajstić information content (AvgIpc) is 2.49. The monoisotopic (exact) mass is 325 g/mol. The van der Waals surface area contributed by atoms with Crippen molar-refractivity contribution in [3.63, 3.8) is 0 Å². The molecule has 0 atom stereocenters. The van der Waals surface area contributed by atoms with Gasteiger partial charge in [0.25, 0.3) is 0 Å². The van der Waals surface area contributed by atoms with Gasteiger partial charge in [-0.05, 0) is 19.1 Å². The Hall–Kier alpha value is -1.65. The zero-order valence-electron chi connectivity index (χ0n) is 11.9. The summed E-state index contributed by atoms with van der Waals surface area (Å²) < 4.78 is 5.32. The Bertz CT molecular complexity index is 620. The van der Waals surface area contributed by atoms with Gasteiger partial charge in [0.1, 0.15) is 17.4 Å². The third kappa shape index (κ3) is 3.93. The Kier molecular flexibility index (Phi) is 5.53. The first-order chi connectivity index (χ1) is 10.2. The molecule has 112 valence electrons. The molecule has 0 bridgehead atoms. The molecule has 6 heteroatoms. The highest BCUT2D eigenvalue weighted by molar-refractivity contribution is 6.37. The fourth-order valence-corrected chi connectivity index (χ4v) is 2.40. The molecule has 0 spiro atoms. The largest absolute Gasteiger partial charge is 0.496 e. The van der Waals surface area contributed by atoms with Crippen LogP contribution < -0.4 is 15.4 Å². The second kappa shape index (κ2) is 7.38. The minimum absolute atomic E-state index is 0.483. The predicted molar refractivity (Wildman–Crippen MR) is 88.7 cm³/mol. The van der Waals surface area contributed by atoms with Crippen LogP contribution in [0.15, 0.2) is 30.3 Å². The Morgan fingerprint density at radius 3 is 2.43 bits per heavy atom. The predicted octanol–water partition coefficient (Wildman–Crippen LogP) is 4.44. The van der Waals surface area contributed by atoms with Crippen molar-refractivity contribution in [2.45, 2.75) is 13.5 Å². The van der Waals surface area contributed by atoms with Crippen molar-refractivity contribution in [3.8, 4) is 5.75 Å². The molecule has 0 radical (unpaired) electrons. The van der Waals surface area contributed by atoms with Gasteiger partial charge in [-0.15, -0.1) is 0 Å². The highest BCUT2D eigenvalue weighted by Crippen LogP contribution is 2.30. The van der Waals surface area contributed by atoms with E-state index in [2.05, 4.69) is 15.6 Å². The number of benzene rings is 1. The third-order valence-corrected chi connectivity index (χ3v) is 3.49. The Morgan fingerprint density at radius 1 is 1.10 bits per heavy atom. The lowest BCUT2D eigenvalue weighted by atomic mass is 10.2. The number of anilines is 2. The third-order valence-electron chi connectivity index (χ3n) is 2.91. The molecule has 0 aliphatic rings. The minimum Gasteiger partial charge on any atom is -0.496 e. The van der Waals surface area contributed by atoms with Crippen molar-refractivity contribution < 1.29 is 4.74 Å². The molecular formula is C15H17Cl2N3O. The Labute approximate surface area is 134 Å². The molecule has 2 N–H and O–H groups in total. The molecule has 0 amide bonds. The first-order valence-corrected chi connectivity index (χ1v) is 7.37. The standard InChI is InChI=1S/C15H17Cl2N3O/c1-3-18-14-11(16)8-12(17)15(20-14)19-9-10-6-4-5-7-13(10)21-2/h4-8H,3,9H2,1-2H3,(H2,18,19,20). The van der Waals surface area contributed by atoms with Crippen LogP contribution in [0.5, 0.6) is 5.75 Å². The summed E-state index contributed by atoms with van der Waals surface area (Å²) in [5, 5.41) is 7.29. The number of ether oxygens (including phenoxy) is 1. The molecule has 0 fully saturated rings. The van der Waals surface area contributed by atoms with E-state index in [-0.39, 0.29) is 0 Å². The first-order valence-electron chi connectivity index (χ1n) is 6.61. The van der Waals surface area contributed by atoms with E-state index in [4.69, 9.17) is 27.9 Å². The van der Waals surface area contributed by atoms with E-state index in [0.29, 0.717) is 28.2 Å². The van der Waals surface area contributed by atoms with Gasteiger partial charge < -0.3 is 15.4 Å². The molecule has 0 aliphatic carbocycles. The topological polar surface area (TPSA) is 46.2 Å². The number of rotatable bonds is 6. The number of para-hydroxylation sites is 1. The van der Waals surface area contributed by atoms with E-state index >= 15 is 0 Å². The molecule has 1 aromatic carbocycles. The number of nitrogens with zero attached hydrogens (tertiary/aromatic N) is 1.